The summed E-state index contributed by atoms with van der Waals surface area (Å²) in [4.78, 5) is 0. The molecule has 0 aliphatic heterocycles. The number of unbranched alkanes of at least 4 members (excludes halogenated alkanes) is 2. The third kappa shape index (κ3) is 6.83. The summed E-state index contributed by atoms with van der Waals surface area (Å²) < 4.78 is 59.4. The highest BCUT2D eigenvalue weighted by Crippen LogP contribution is 2.40. The van der Waals surface area contributed by atoms with Gasteiger partial charge in [0.15, 0.2) is 23.3 Å². The van der Waals surface area contributed by atoms with Crippen molar-refractivity contribution in [2.24, 2.45) is 11.8 Å². The lowest BCUT2D eigenvalue weighted by Gasteiger charge is -2.29. The van der Waals surface area contributed by atoms with E-state index in [0.717, 1.165) is 63.7 Å². The highest BCUT2D eigenvalue weighted by molar-refractivity contribution is 5.40. The highest BCUT2D eigenvalue weighted by Gasteiger charge is 2.27. The Kier molecular flexibility index (Phi) is 10.3. The molecule has 0 N–H and O–H groups in total. The van der Waals surface area contributed by atoms with Crippen molar-refractivity contribution in [3.8, 4) is 11.8 Å². The van der Waals surface area contributed by atoms with Crippen molar-refractivity contribution in [1.29, 1.82) is 0 Å². The molecule has 206 valence electrons. The van der Waals surface area contributed by atoms with E-state index in [1.807, 2.05) is 0 Å². The van der Waals surface area contributed by atoms with E-state index in [1.54, 1.807) is 24.3 Å². The molecule has 38 heavy (non-hydrogen) atoms. The molecule has 2 fully saturated rings. The molecule has 2 aliphatic carbocycles. The van der Waals surface area contributed by atoms with Gasteiger partial charge in [-0.2, -0.15) is 0 Å². The molecule has 0 saturated heterocycles. The average Bonchev–Trinajstić information content (AvgIpc) is 2.93. The van der Waals surface area contributed by atoms with Gasteiger partial charge in [0.25, 0.3) is 0 Å². The molecule has 0 unspecified atom stereocenters. The van der Waals surface area contributed by atoms with Crippen molar-refractivity contribution in [3.05, 3.63) is 69.8 Å². The predicted molar refractivity (Wildman–Crippen MR) is 147 cm³/mol. The van der Waals surface area contributed by atoms with E-state index in [-0.39, 0.29) is 23.3 Å². The molecule has 0 amide bonds. The first-order chi connectivity index (χ1) is 18.4. The van der Waals surface area contributed by atoms with Crippen LogP contribution in [0.15, 0.2) is 24.3 Å². The average molecular weight is 527 g/mol. The zero-order chi connectivity index (χ0) is 27.1. The van der Waals surface area contributed by atoms with E-state index < -0.39 is 23.3 Å². The van der Waals surface area contributed by atoms with Gasteiger partial charge in [-0.15, -0.1) is 0 Å². The van der Waals surface area contributed by atoms with Crippen LogP contribution in [0.4, 0.5) is 17.6 Å². The quantitative estimate of drug-likeness (QED) is 0.182. The van der Waals surface area contributed by atoms with Crippen molar-refractivity contribution in [2.75, 3.05) is 0 Å². The zero-order valence-corrected chi connectivity index (χ0v) is 23.0. The Morgan fingerprint density at radius 3 is 1.89 bits per heavy atom. The van der Waals surface area contributed by atoms with E-state index in [1.165, 1.54) is 12.8 Å². The maximum Gasteiger partial charge on any atom is 0.174 e. The monoisotopic (exact) mass is 526 g/mol. The Bertz CT molecular complexity index is 1130. The molecule has 0 radical (unpaired) electrons. The van der Waals surface area contributed by atoms with Gasteiger partial charge < -0.3 is 0 Å². The van der Waals surface area contributed by atoms with Crippen LogP contribution in [0.1, 0.15) is 131 Å². The van der Waals surface area contributed by atoms with Gasteiger partial charge in [0, 0.05) is 5.92 Å². The van der Waals surface area contributed by atoms with Gasteiger partial charge in [0.1, 0.15) is 0 Å². The molecule has 4 rings (SSSR count). The lowest BCUT2D eigenvalue weighted by atomic mass is 9.77. The van der Waals surface area contributed by atoms with Gasteiger partial charge in [0.2, 0.25) is 0 Å². The van der Waals surface area contributed by atoms with Gasteiger partial charge in [-0.3, -0.25) is 0 Å². The van der Waals surface area contributed by atoms with E-state index >= 15 is 0 Å². The number of aryl methyl sites for hydroxylation is 1. The number of rotatable bonds is 8. The van der Waals surface area contributed by atoms with Crippen LogP contribution >= 0.6 is 0 Å². The highest BCUT2D eigenvalue weighted by atomic mass is 19.2. The standard InChI is InChI=1S/C34H42F4/c1-3-5-6-8-27-19-21-29(33(37)31(27)35)26-16-11-24(12-17-26)13-18-28-20-22-30(34(38)32(28)36)25-14-9-23(7-4-2)10-15-25/h19-26H,3-12,14-17H2,1-2H3. The van der Waals surface area contributed by atoms with Gasteiger partial charge in [0.05, 0.1) is 5.56 Å². The van der Waals surface area contributed by atoms with Crippen LogP contribution < -0.4 is 0 Å². The third-order valence-electron chi connectivity index (χ3n) is 8.92. The maximum atomic E-state index is 15.0. The molecule has 2 saturated carbocycles. The molecule has 2 aromatic carbocycles. The Morgan fingerprint density at radius 1 is 0.658 bits per heavy atom. The number of hydrogen-bond donors (Lipinski definition) is 0. The number of halogens is 4. The van der Waals surface area contributed by atoms with Crippen molar-refractivity contribution in [1.82, 2.24) is 0 Å². The van der Waals surface area contributed by atoms with Crippen molar-refractivity contribution >= 4 is 0 Å². The van der Waals surface area contributed by atoms with E-state index in [0.29, 0.717) is 36.0 Å². The van der Waals surface area contributed by atoms with E-state index in [9.17, 15) is 17.6 Å². The lowest BCUT2D eigenvalue weighted by Crippen LogP contribution is -2.15. The minimum absolute atomic E-state index is 0.0341. The first-order valence-electron chi connectivity index (χ1n) is 14.9. The minimum Gasteiger partial charge on any atom is -0.203 e. The zero-order valence-electron chi connectivity index (χ0n) is 23.0. The minimum atomic E-state index is -0.837. The topological polar surface area (TPSA) is 0 Å². The van der Waals surface area contributed by atoms with Crippen LogP contribution in [0.5, 0.6) is 0 Å². The molecule has 2 aliphatic rings. The van der Waals surface area contributed by atoms with Gasteiger partial charge in [-0.05, 0) is 105 Å². The predicted octanol–water partition coefficient (Wildman–Crippen LogP) is 10.4. The normalized spacial score (nSPS) is 23.6. The molecular formula is C34H42F4. The largest absolute Gasteiger partial charge is 0.203 e. The van der Waals surface area contributed by atoms with Crippen LogP contribution in [0, 0.1) is 46.9 Å². The first kappa shape index (κ1) is 28.7. The second-order valence-corrected chi connectivity index (χ2v) is 11.6. The van der Waals surface area contributed by atoms with E-state index in [4.69, 9.17) is 0 Å². The van der Waals surface area contributed by atoms with Crippen LogP contribution in [0.25, 0.3) is 0 Å². The molecular weight excluding hydrogens is 484 g/mol. The molecule has 0 aromatic heterocycles. The molecule has 0 bridgehead atoms. The van der Waals surface area contributed by atoms with Gasteiger partial charge in [-0.25, -0.2) is 17.6 Å². The fraction of sp³-hybridized carbons (Fsp3) is 0.588. The molecule has 2 aromatic rings. The summed E-state index contributed by atoms with van der Waals surface area (Å²) in [7, 11) is 0. The van der Waals surface area contributed by atoms with Crippen LogP contribution in [0.2, 0.25) is 0 Å². The van der Waals surface area contributed by atoms with Crippen molar-refractivity contribution in [3.63, 3.8) is 0 Å². The summed E-state index contributed by atoms with van der Waals surface area (Å²) in [6.07, 6.45) is 12.8. The van der Waals surface area contributed by atoms with Crippen molar-refractivity contribution < 1.29 is 17.6 Å². The summed E-state index contributed by atoms with van der Waals surface area (Å²) >= 11 is 0. The lowest BCUT2D eigenvalue weighted by molar-refractivity contribution is 0.303. The fourth-order valence-corrected chi connectivity index (χ4v) is 6.55. The molecule has 0 spiro atoms. The molecule has 0 atom stereocenters. The fourth-order valence-electron chi connectivity index (χ4n) is 6.55. The molecule has 0 nitrogen and oxygen atoms in total. The Labute approximate surface area is 226 Å². The smallest absolute Gasteiger partial charge is 0.174 e. The van der Waals surface area contributed by atoms with Crippen LogP contribution in [-0.4, -0.2) is 0 Å². The molecule has 0 heterocycles. The Morgan fingerprint density at radius 2 is 1.26 bits per heavy atom. The van der Waals surface area contributed by atoms with E-state index in [2.05, 4.69) is 25.7 Å². The second kappa shape index (κ2) is 13.7. The Hall–Kier alpha value is -2.28. The summed E-state index contributed by atoms with van der Waals surface area (Å²) in [5.74, 6) is 3.86. The van der Waals surface area contributed by atoms with Gasteiger partial charge >= 0.3 is 0 Å². The number of hydrogen-bond acceptors (Lipinski definition) is 0. The summed E-state index contributed by atoms with van der Waals surface area (Å²) in [5, 5.41) is 0. The maximum absolute atomic E-state index is 15.0. The SMILES string of the molecule is CCCCCc1ccc(C2CCC(C#Cc3ccc(C4CCC(CCC)CC4)c(F)c3F)CC2)c(F)c1F. The summed E-state index contributed by atoms with van der Waals surface area (Å²) in [6, 6.07) is 6.86. The second-order valence-electron chi connectivity index (χ2n) is 11.6. The summed E-state index contributed by atoms with van der Waals surface area (Å²) in [6.45, 7) is 4.28. The number of benzene rings is 2. The Balaban J connectivity index is 1.35. The first-order valence-corrected chi connectivity index (χ1v) is 14.9. The van der Waals surface area contributed by atoms with Crippen molar-refractivity contribution in [2.45, 2.75) is 116 Å². The van der Waals surface area contributed by atoms with Gasteiger partial charge in [-0.1, -0.05) is 69.6 Å². The third-order valence-corrected chi connectivity index (χ3v) is 8.92. The molecule has 4 heteroatoms. The summed E-state index contributed by atoms with van der Waals surface area (Å²) in [5.41, 5.74) is 1.53. The van der Waals surface area contributed by atoms with Crippen LogP contribution in [0.3, 0.4) is 0 Å². The van der Waals surface area contributed by atoms with Crippen LogP contribution in [-0.2, 0) is 6.42 Å².